The predicted octanol–water partition coefficient (Wildman–Crippen LogP) is 3.85. The molecule has 8 heteroatoms. The fraction of sp³-hybridized carbons (Fsp3) is 0.577. The fourth-order valence-electron chi connectivity index (χ4n) is 5.58. The van der Waals surface area contributed by atoms with Crippen molar-refractivity contribution in [3.05, 3.63) is 46.1 Å². The lowest BCUT2D eigenvalue weighted by molar-refractivity contribution is 0.0733. The van der Waals surface area contributed by atoms with Gasteiger partial charge in [0, 0.05) is 75.4 Å². The van der Waals surface area contributed by atoms with Gasteiger partial charge in [-0.1, -0.05) is 30.9 Å². The minimum atomic E-state index is 0.0231. The molecule has 0 spiro atoms. The van der Waals surface area contributed by atoms with Crippen LogP contribution in [0.5, 0.6) is 0 Å². The zero-order chi connectivity index (χ0) is 23.7. The van der Waals surface area contributed by atoms with E-state index in [0.29, 0.717) is 23.7 Å². The molecule has 0 unspecified atom stereocenters. The van der Waals surface area contributed by atoms with Crippen molar-refractivity contribution in [2.45, 2.75) is 51.1 Å². The first-order valence-corrected chi connectivity index (χ1v) is 13.0. The summed E-state index contributed by atoms with van der Waals surface area (Å²) in [7, 11) is 4.04. The topological polar surface area (TPSA) is 55.8 Å². The molecule has 182 valence electrons. The molecule has 0 bridgehead atoms. The maximum atomic E-state index is 13.1. The van der Waals surface area contributed by atoms with Crippen molar-refractivity contribution in [1.29, 1.82) is 0 Å². The summed E-state index contributed by atoms with van der Waals surface area (Å²) in [6.45, 7) is 5.32. The molecule has 1 aromatic carbocycles. The molecule has 2 aromatic rings. The molecule has 7 nitrogen and oxygen atoms in total. The predicted molar refractivity (Wildman–Crippen MR) is 137 cm³/mol. The molecule has 1 amide bonds. The minimum Gasteiger partial charge on any atom is -0.362 e. The lowest BCUT2D eigenvalue weighted by Gasteiger charge is -2.41. The van der Waals surface area contributed by atoms with Crippen molar-refractivity contribution in [3.63, 3.8) is 0 Å². The monoisotopic (exact) mass is 482 g/mol. The smallest absolute Gasteiger partial charge is 0.254 e. The molecule has 0 N–H and O–H groups in total. The Kier molecular flexibility index (Phi) is 6.93. The summed E-state index contributed by atoms with van der Waals surface area (Å²) in [5.41, 5.74) is 2.79. The van der Waals surface area contributed by atoms with Gasteiger partial charge in [0.1, 0.15) is 5.82 Å². The average molecular weight is 483 g/mol. The Morgan fingerprint density at radius 1 is 0.971 bits per heavy atom. The molecule has 1 aromatic heterocycles. The third kappa shape index (κ3) is 4.86. The van der Waals surface area contributed by atoms with E-state index in [-0.39, 0.29) is 5.91 Å². The van der Waals surface area contributed by atoms with Gasteiger partial charge in [-0.3, -0.25) is 9.69 Å². The summed E-state index contributed by atoms with van der Waals surface area (Å²) in [5, 5.41) is 0.635. The van der Waals surface area contributed by atoms with Crippen LogP contribution in [-0.4, -0.2) is 78.5 Å². The number of anilines is 2. The van der Waals surface area contributed by atoms with Gasteiger partial charge in [-0.15, -0.1) is 0 Å². The number of halogens is 1. The number of piperazine rings is 1. The van der Waals surface area contributed by atoms with E-state index in [1.807, 2.05) is 19.0 Å². The number of carbonyl (C=O) groups excluding carboxylic acids is 1. The zero-order valence-electron chi connectivity index (χ0n) is 20.3. The van der Waals surface area contributed by atoms with E-state index in [9.17, 15) is 4.79 Å². The maximum Gasteiger partial charge on any atom is 0.254 e. The molecule has 3 aliphatic rings. The second-order valence-corrected chi connectivity index (χ2v) is 10.4. The number of hydrogen-bond donors (Lipinski definition) is 0. The molecule has 34 heavy (non-hydrogen) atoms. The maximum absolute atomic E-state index is 13.1. The van der Waals surface area contributed by atoms with Crippen LogP contribution in [0, 0.1) is 0 Å². The van der Waals surface area contributed by atoms with Gasteiger partial charge in [0.15, 0.2) is 0 Å². The molecule has 1 saturated heterocycles. The lowest BCUT2D eigenvalue weighted by atomic mass is 9.94. The number of aromatic nitrogens is 2. The highest BCUT2D eigenvalue weighted by Crippen LogP contribution is 2.30. The minimum absolute atomic E-state index is 0.0231. The summed E-state index contributed by atoms with van der Waals surface area (Å²) in [6, 6.07) is 7.88. The van der Waals surface area contributed by atoms with E-state index >= 15 is 0 Å². The molecule has 0 radical (unpaired) electrons. The number of fused-ring (bicyclic) bond motifs is 1. The quantitative estimate of drug-likeness (QED) is 0.659. The molecule has 3 heterocycles. The van der Waals surface area contributed by atoms with Crippen molar-refractivity contribution in [1.82, 2.24) is 19.8 Å². The second kappa shape index (κ2) is 10.1. The summed E-state index contributed by atoms with van der Waals surface area (Å²) in [4.78, 5) is 32.1. The zero-order valence-corrected chi connectivity index (χ0v) is 21.1. The Bertz CT molecular complexity index is 1010. The van der Waals surface area contributed by atoms with Crippen LogP contribution >= 0.6 is 11.6 Å². The Balaban J connectivity index is 1.31. The fourth-order valence-corrected chi connectivity index (χ4v) is 5.70. The SMILES string of the molecule is CN(C)c1nc(N2CCN(C3CCCCC3)CC2)nc2c1CN(C(=O)c1ccc(Cl)cc1)CC2. The van der Waals surface area contributed by atoms with Gasteiger partial charge in [-0.05, 0) is 37.1 Å². The highest BCUT2D eigenvalue weighted by Gasteiger charge is 2.30. The van der Waals surface area contributed by atoms with Crippen LogP contribution in [0.4, 0.5) is 11.8 Å². The van der Waals surface area contributed by atoms with E-state index in [4.69, 9.17) is 21.6 Å². The highest BCUT2D eigenvalue weighted by atomic mass is 35.5. The number of nitrogens with zero attached hydrogens (tertiary/aromatic N) is 6. The summed E-state index contributed by atoms with van der Waals surface area (Å²) in [5.74, 6) is 1.78. The molecule has 2 aliphatic heterocycles. The van der Waals surface area contributed by atoms with Crippen molar-refractivity contribution >= 4 is 29.3 Å². The number of carbonyl (C=O) groups is 1. The second-order valence-electron chi connectivity index (χ2n) is 9.97. The van der Waals surface area contributed by atoms with E-state index in [0.717, 1.165) is 61.7 Å². The van der Waals surface area contributed by atoms with Gasteiger partial charge in [0.2, 0.25) is 5.95 Å². The lowest BCUT2D eigenvalue weighted by Crippen LogP contribution is -2.51. The van der Waals surface area contributed by atoms with Crippen molar-refractivity contribution in [3.8, 4) is 0 Å². The number of rotatable bonds is 4. The van der Waals surface area contributed by atoms with Crippen LogP contribution in [0.15, 0.2) is 24.3 Å². The third-order valence-electron chi connectivity index (χ3n) is 7.52. The van der Waals surface area contributed by atoms with E-state index < -0.39 is 0 Å². The first kappa shape index (κ1) is 23.4. The van der Waals surface area contributed by atoms with E-state index in [2.05, 4.69) is 14.7 Å². The van der Waals surface area contributed by atoms with Gasteiger partial charge >= 0.3 is 0 Å². The Labute approximate surface area is 207 Å². The number of hydrogen-bond acceptors (Lipinski definition) is 6. The Morgan fingerprint density at radius 2 is 1.68 bits per heavy atom. The largest absolute Gasteiger partial charge is 0.362 e. The van der Waals surface area contributed by atoms with Crippen molar-refractivity contribution in [2.24, 2.45) is 0 Å². The van der Waals surface area contributed by atoms with Crippen molar-refractivity contribution in [2.75, 3.05) is 56.6 Å². The van der Waals surface area contributed by atoms with Gasteiger partial charge in [0.25, 0.3) is 5.91 Å². The number of benzene rings is 1. The van der Waals surface area contributed by atoms with Gasteiger partial charge in [0.05, 0.1) is 12.2 Å². The van der Waals surface area contributed by atoms with Gasteiger partial charge in [-0.2, -0.15) is 4.98 Å². The summed E-state index contributed by atoms with van der Waals surface area (Å²) < 4.78 is 0. The molecule has 2 fully saturated rings. The Hall–Kier alpha value is -2.38. The van der Waals surface area contributed by atoms with Crippen LogP contribution in [0.1, 0.15) is 53.7 Å². The van der Waals surface area contributed by atoms with E-state index in [1.165, 1.54) is 32.1 Å². The summed E-state index contributed by atoms with van der Waals surface area (Å²) in [6.07, 6.45) is 7.60. The van der Waals surface area contributed by atoms with Crippen LogP contribution in [0.3, 0.4) is 0 Å². The van der Waals surface area contributed by atoms with Crippen LogP contribution in [0.25, 0.3) is 0 Å². The molecule has 0 atom stereocenters. The summed E-state index contributed by atoms with van der Waals surface area (Å²) >= 11 is 6.00. The van der Waals surface area contributed by atoms with Crippen LogP contribution in [0.2, 0.25) is 5.02 Å². The highest BCUT2D eigenvalue weighted by molar-refractivity contribution is 6.30. The molecule has 1 saturated carbocycles. The molecular formula is C26H35ClN6O. The first-order valence-electron chi connectivity index (χ1n) is 12.6. The molecular weight excluding hydrogens is 448 g/mol. The average Bonchev–Trinajstić information content (AvgIpc) is 2.88. The van der Waals surface area contributed by atoms with Crippen LogP contribution in [-0.2, 0) is 13.0 Å². The van der Waals surface area contributed by atoms with Crippen molar-refractivity contribution < 1.29 is 4.79 Å². The number of amides is 1. The molecule has 5 rings (SSSR count). The van der Waals surface area contributed by atoms with Gasteiger partial charge in [-0.25, -0.2) is 4.98 Å². The first-order chi connectivity index (χ1) is 16.5. The van der Waals surface area contributed by atoms with Gasteiger partial charge < -0.3 is 14.7 Å². The van der Waals surface area contributed by atoms with Crippen LogP contribution < -0.4 is 9.80 Å². The molecule has 1 aliphatic carbocycles. The third-order valence-corrected chi connectivity index (χ3v) is 7.77. The normalized spacial score (nSPS) is 19.7. The standard InChI is InChI=1S/C26H35ClN6O/c1-30(2)24-22-18-33(25(34)19-8-10-20(27)11-9-19)13-12-23(22)28-26(29-24)32-16-14-31(15-17-32)21-6-4-3-5-7-21/h8-11,21H,3-7,12-18H2,1-2H3. The van der Waals surface area contributed by atoms with E-state index in [1.54, 1.807) is 24.3 Å². The Morgan fingerprint density at radius 3 is 2.35 bits per heavy atom.